The van der Waals surface area contributed by atoms with Crippen LogP contribution < -0.4 is 0 Å². The van der Waals surface area contributed by atoms with Crippen LogP contribution in [0.15, 0.2) is 60.4 Å². The molecule has 128 valence electrons. The summed E-state index contributed by atoms with van der Waals surface area (Å²) in [5.74, 6) is -3.39. The Morgan fingerprint density at radius 3 is 1.92 bits per heavy atom. The van der Waals surface area contributed by atoms with Gasteiger partial charge in [-0.15, -0.1) is 0 Å². The number of alkyl halides is 3. The van der Waals surface area contributed by atoms with E-state index < -0.39 is 23.6 Å². The van der Waals surface area contributed by atoms with Crippen LogP contribution in [0.2, 0.25) is 0 Å². The number of allylic oxidation sites excluding steroid dienone is 2. The number of aliphatic hydroxyl groups is 1. The molecule has 0 aromatic heterocycles. The lowest BCUT2D eigenvalue weighted by Crippen LogP contribution is -2.36. The van der Waals surface area contributed by atoms with Crippen LogP contribution >= 0.6 is 0 Å². The van der Waals surface area contributed by atoms with Crippen LogP contribution in [-0.2, 0) is 4.79 Å². The fourth-order valence-electron chi connectivity index (χ4n) is 4.24. The highest BCUT2D eigenvalue weighted by atomic mass is 19.4. The van der Waals surface area contributed by atoms with Crippen LogP contribution in [0.1, 0.15) is 40.5 Å². The third-order valence-electron chi connectivity index (χ3n) is 5.24. The van der Waals surface area contributed by atoms with Crippen molar-refractivity contribution in [3.8, 4) is 0 Å². The molecule has 0 radical (unpaired) electrons. The van der Waals surface area contributed by atoms with E-state index in [1.807, 2.05) is 48.5 Å². The molecule has 0 spiro atoms. The van der Waals surface area contributed by atoms with Crippen molar-refractivity contribution >= 4 is 5.78 Å². The number of benzene rings is 2. The monoisotopic (exact) mass is 344 g/mol. The Hall–Kier alpha value is -2.56. The lowest BCUT2D eigenvalue weighted by molar-refractivity contribution is -0.127. The fourth-order valence-corrected chi connectivity index (χ4v) is 4.24. The van der Waals surface area contributed by atoms with Gasteiger partial charge in [-0.1, -0.05) is 48.5 Å². The minimum Gasteiger partial charge on any atom is -0.504 e. The zero-order valence-electron chi connectivity index (χ0n) is 13.1. The molecule has 3 aliphatic carbocycles. The molecule has 0 amide bonds. The van der Waals surface area contributed by atoms with Gasteiger partial charge in [0.2, 0.25) is 5.76 Å². The summed E-state index contributed by atoms with van der Waals surface area (Å²) in [6, 6.07) is 15.6. The van der Waals surface area contributed by atoms with Crippen LogP contribution in [0.5, 0.6) is 0 Å². The highest BCUT2D eigenvalue weighted by Gasteiger charge is 2.46. The molecule has 5 rings (SSSR count). The van der Waals surface area contributed by atoms with E-state index in [1.54, 1.807) is 0 Å². The van der Waals surface area contributed by atoms with Crippen molar-refractivity contribution in [3.05, 3.63) is 82.6 Å². The van der Waals surface area contributed by atoms with Crippen molar-refractivity contribution in [3.63, 3.8) is 0 Å². The first kappa shape index (κ1) is 15.9. The van der Waals surface area contributed by atoms with Crippen LogP contribution in [0, 0.1) is 5.92 Å². The lowest BCUT2D eigenvalue weighted by atomic mass is 9.58. The van der Waals surface area contributed by atoms with Crippen LogP contribution in [0.3, 0.4) is 0 Å². The first-order valence-electron chi connectivity index (χ1n) is 8.07. The number of carbonyl (C=O) groups excluding carboxylic acids is 1. The van der Waals surface area contributed by atoms with Crippen LogP contribution in [-0.4, -0.2) is 17.1 Å². The molecule has 3 aliphatic rings. The van der Waals surface area contributed by atoms with Crippen molar-refractivity contribution in [2.24, 2.45) is 5.92 Å². The molecule has 25 heavy (non-hydrogen) atoms. The lowest BCUT2D eigenvalue weighted by Gasteiger charge is -2.44. The largest absolute Gasteiger partial charge is 0.504 e. The van der Waals surface area contributed by atoms with Crippen molar-refractivity contribution in [2.45, 2.75) is 24.4 Å². The van der Waals surface area contributed by atoms with E-state index in [-0.39, 0.29) is 11.8 Å². The Balaban J connectivity index is 1.80. The normalized spacial score (nSPS) is 24.6. The quantitative estimate of drug-likeness (QED) is 0.624. The van der Waals surface area contributed by atoms with Crippen molar-refractivity contribution in [1.29, 1.82) is 0 Å². The number of hydrogen-bond donors (Lipinski definition) is 1. The van der Waals surface area contributed by atoms with Crippen molar-refractivity contribution in [2.75, 3.05) is 0 Å². The van der Waals surface area contributed by atoms with E-state index >= 15 is 0 Å². The molecule has 0 aliphatic heterocycles. The van der Waals surface area contributed by atoms with Gasteiger partial charge in [0, 0.05) is 23.8 Å². The third kappa shape index (κ3) is 2.46. The molecular formula is C20H15F3O2. The van der Waals surface area contributed by atoms with Gasteiger partial charge in [-0.3, -0.25) is 4.79 Å². The average Bonchev–Trinajstić information content (AvgIpc) is 2.61. The highest BCUT2D eigenvalue weighted by molar-refractivity contribution is 5.94. The Morgan fingerprint density at radius 2 is 1.44 bits per heavy atom. The summed E-state index contributed by atoms with van der Waals surface area (Å²) in [7, 11) is 0. The minimum absolute atomic E-state index is 0.00669. The summed E-state index contributed by atoms with van der Waals surface area (Å²) in [6.45, 7) is 0. The van der Waals surface area contributed by atoms with E-state index in [0.29, 0.717) is 12.5 Å². The molecule has 1 atom stereocenters. The Labute approximate surface area is 142 Å². The zero-order chi connectivity index (χ0) is 17.8. The molecule has 2 aromatic carbocycles. The molecule has 0 heterocycles. The first-order chi connectivity index (χ1) is 11.9. The molecule has 1 N–H and O–H groups in total. The van der Waals surface area contributed by atoms with E-state index in [9.17, 15) is 18.0 Å². The van der Waals surface area contributed by atoms with Gasteiger partial charge in [-0.25, -0.2) is 0 Å². The highest BCUT2D eigenvalue weighted by Crippen LogP contribution is 2.55. The summed E-state index contributed by atoms with van der Waals surface area (Å²) in [4.78, 5) is 12.5. The summed E-state index contributed by atoms with van der Waals surface area (Å²) >= 11 is 0. The third-order valence-corrected chi connectivity index (χ3v) is 5.24. The van der Waals surface area contributed by atoms with Crippen LogP contribution in [0.25, 0.3) is 0 Å². The van der Waals surface area contributed by atoms with E-state index in [1.165, 1.54) is 0 Å². The Bertz CT molecular complexity index is 835. The number of hydrogen-bond acceptors (Lipinski definition) is 2. The van der Waals surface area contributed by atoms with Gasteiger partial charge >= 0.3 is 6.18 Å². The fraction of sp³-hybridized carbons (Fsp3) is 0.250. The number of fused-ring (bicyclic) bond motifs is 1. The van der Waals surface area contributed by atoms with Crippen molar-refractivity contribution in [1.82, 2.24) is 0 Å². The first-order valence-corrected chi connectivity index (χ1v) is 8.07. The van der Waals surface area contributed by atoms with Crippen molar-refractivity contribution < 1.29 is 23.1 Å². The number of ketones is 1. The summed E-state index contributed by atoms with van der Waals surface area (Å²) in [5.41, 5.74) is 4.27. The van der Waals surface area contributed by atoms with Gasteiger partial charge in [-0.05, 0) is 28.7 Å². The number of carbonyl (C=O) groups is 1. The SMILES string of the molecule is O=C(/C=C(\O)C(F)(F)F)C1CC2c3ccccc3C1c1ccccc12. The van der Waals surface area contributed by atoms with E-state index in [2.05, 4.69) is 0 Å². The maximum absolute atomic E-state index is 12.6. The summed E-state index contributed by atoms with van der Waals surface area (Å²) < 4.78 is 37.7. The summed E-state index contributed by atoms with van der Waals surface area (Å²) in [6.07, 6.45) is -4.10. The molecular weight excluding hydrogens is 329 g/mol. The second-order valence-corrected chi connectivity index (χ2v) is 6.56. The maximum atomic E-state index is 12.6. The molecule has 2 aromatic rings. The molecule has 5 heteroatoms. The van der Waals surface area contributed by atoms with Crippen LogP contribution in [0.4, 0.5) is 13.2 Å². The van der Waals surface area contributed by atoms with Gasteiger partial charge in [-0.2, -0.15) is 13.2 Å². The van der Waals surface area contributed by atoms with Gasteiger partial charge in [0.05, 0.1) is 0 Å². The second kappa shape index (κ2) is 5.48. The average molecular weight is 344 g/mol. The predicted octanol–water partition coefficient (Wildman–Crippen LogP) is 4.86. The standard InChI is InChI=1S/C20H15F3O2/c21-20(22,23)18(25)10-17(24)16-9-15-11-5-1-3-7-13(11)19(16)14-8-4-2-6-12(14)15/h1-8,10,15-16,19,25H,9H2/b18-10-. The number of halogens is 3. The van der Waals surface area contributed by atoms with Gasteiger partial charge in [0.25, 0.3) is 0 Å². The van der Waals surface area contributed by atoms with Gasteiger partial charge < -0.3 is 5.11 Å². The molecule has 2 nitrogen and oxygen atoms in total. The molecule has 2 bridgehead atoms. The molecule has 0 saturated carbocycles. The smallest absolute Gasteiger partial charge is 0.448 e. The Morgan fingerprint density at radius 1 is 0.960 bits per heavy atom. The molecule has 1 unspecified atom stereocenters. The second-order valence-electron chi connectivity index (χ2n) is 6.56. The number of aliphatic hydroxyl groups excluding tert-OH is 1. The van der Waals surface area contributed by atoms with Gasteiger partial charge in [0.1, 0.15) is 0 Å². The molecule has 0 fully saturated rings. The summed E-state index contributed by atoms with van der Waals surface area (Å²) in [5, 5.41) is 9.16. The minimum atomic E-state index is -4.90. The zero-order valence-corrected chi connectivity index (χ0v) is 13.1. The van der Waals surface area contributed by atoms with E-state index in [4.69, 9.17) is 5.11 Å². The van der Waals surface area contributed by atoms with E-state index in [0.717, 1.165) is 22.3 Å². The number of rotatable bonds is 2. The predicted molar refractivity (Wildman–Crippen MR) is 86.5 cm³/mol. The van der Waals surface area contributed by atoms with Gasteiger partial charge in [0.15, 0.2) is 5.78 Å². The Kier molecular flexibility index (Phi) is 3.49. The topological polar surface area (TPSA) is 37.3 Å². The molecule has 0 saturated heterocycles. The maximum Gasteiger partial charge on any atom is 0.448 e.